The molecule has 0 aromatic rings. The van der Waals surface area contributed by atoms with Crippen LogP contribution in [0.15, 0.2) is 12.7 Å². The molecule has 6 heteroatoms. The van der Waals surface area contributed by atoms with Crippen LogP contribution in [0.25, 0.3) is 0 Å². The zero-order chi connectivity index (χ0) is 12.0. The molecule has 16 heavy (non-hydrogen) atoms. The number of rotatable bonds is 3. The molecule has 0 spiro atoms. The summed E-state index contributed by atoms with van der Waals surface area (Å²) in [5, 5.41) is 15.2. The summed E-state index contributed by atoms with van der Waals surface area (Å²) in [6.45, 7) is 3.39. The highest BCUT2D eigenvalue weighted by molar-refractivity contribution is 6.04. The van der Waals surface area contributed by atoms with Crippen molar-refractivity contribution >= 4 is 19.8 Å². The van der Waals surface area contributed by atoms with Gasteiger partial charge in [-0.3, -0.25) is 10.7 Å². The standard InChI is InChI=1S/C10H17BN4O/c1-2-9(12)14-10(16)13-7-3-5-8(15-11)6-4-7/h2,7-8,15H,1,3-6H2,(H3,12,13,14,16). The molecule has 4 N–H and O–H groups in total. The van der Waals surface area contributed by atoms with Gasteiger partial charge in [-0.25, -0.2) is 4.79 Å². The SMILES string of the molecule is [B]NC1CCC(NC(=O)NC(=N)C=C)CC1. The Balaban J connectivity index is 2.25. The summed E-state index contributed by atoms with van der Waals surface area (Å²) in [5.74, 6) is 0.00908. The fraction of sp³-hybridized carbons (Fsp3) is 0.600. The second kappa shape index (κ2) is 6.32. The van der Waals surface area contributed by atoms with Gasteiger partial charge in [-0.2, -0.15) is 0 Å². The van der Waals surface area contributed by atoms with Crippen molar-refractivity contribution in [3.63, 3.8) is 0 Å². The van der Waals surface area contributed by atoms with Crippen LogP contribution in [-0.2, 0) is 0 Å². The largest absolute Gasteiger partial charge is 0.364 e. The number of amidine groups is 1. The summed E-state index contributed by atoms with van der Waals surface area (Å²) in [6.07, 6.45) is 5.02. The molecule has 0 aromatic heterocycles. The fourth-order valence-corrected chi connectivity index (χ4v) is 1.80. The van der Waals surface area contributed by atoms with E-state index >= 15 is 0 Å². The Morgan fingerprint density at radius 1 is 1.31 bits per heavy atom. The van der Waals surface area contributed by atoms with Crippen LogP contribution in [0, 0.1) is 5.41 Å². The molecule has 2 amide bonds. The molecule has 86 valence electrons. The van der Waals surface area contributed by atoms with Crippen LogP contribution in [-0.4, -0.2) is 31.9 Å². The van der Waals surface area contributed by atoms with Gasteiger partial charge in [0.25, 0.3) is 0 Å². The maximum atomic E-state index is 11.4. The summed E-state index contributed by atoms with van der Waals surface area (Å²) in [7, 11) is 5.34. The number of urea groups is 1. The molecule has 0 unspecified atom stereocenters. The van der Waals surface area contributed by atoms with Crippen molar-refractivity contribution in [2.45, 2.75) is 37.8 Å². The van der Waals surface area contributed by atoms with Gasteiger partial charge in [0.1, 0.15) is 5.84 Å². The molecule has 1 saturated carbocycles. The zero-order valence-electron chi connectivity index (χ0n) is 9.25. The van der Waals surface area contributed by atoms with E-state index in [9.17, 15) is 4.79 Å². The molecular formula is C10H17BN4O. The van der Waals surface area contributed by atoms with E-state index < -0.39 is 0 Å². The van der Waals surface area contributed by atoms with Crippen LogP contribution in [0.5, 0.6) is 0 Å². The minimum Gasteiger partial charge on any atom is -0.364 e. The van der Waals surface area contributed by atoms with Crippen molar-refractivity contribution < 1.29 is 4.79 Å². The highest BCUT2D eigenvalue weighted by Crippen LogP contribution is 2.17. The van der Waals surface area contributed by atoms with Gasteiger partial charge < -0.3 is 10.5 Å². The average Bonchev–Trinajstić information content (AvgIpc) is 2.29. The van der Waals surface area contributed by atoms with E-state index in [0.717, 1.165) is 25.7 Å². The van der Waals surface area contributed by atoms with Gasteiger partial charge in [0, 0.05) is 6.04 Å². The second-order valence-electron chi connectivity index (χ2n) is 3.93. The lowest BCUT2D eigenvalue weighted by atomic mass is 9.90. The lowest BCUT2D eigenvalue weighted by molar-refractivity contribution is 0.235. The Bertz CT molecular complexity index is 274. The predicted octanol–water partition coefficient (Wildman–Crippen LogP) is 0.433. The van der Waals surface area contributed by atoms with Crippen molar-refractivity contribution in [2.24, 2.45) is 0 Å². The fourth-order valence-electron chi connectivity index (χ4n) is 1.80. The Kier molecular flexibility index (Phi) is 5.05. The third-order valence-electron chi connectivity index (χ3n) is 2.75. The third kappa shape index (κ3) is 4.06. The van der Waals surface area contributed by atoms with Gasteiger partial charge in [0.2, 0.25) is 0 Å². The van der Waals surface area contributed by atoms with E-state index in [1.807, 2.05) is 0 Å². The maximum Gasteiger partial charge on any atom is 0.320 e. The van der Waals surface area contributed by atoms with Crippen LogP contribution in [0.4, 0.5) is 4.79 Å². The highest BCUT2D eigenvalue weighted by Gasteiger charge is 2.20. The summed E-state index contributed by atoms with van der Waals surface area (Å²) in [5.41, 5.74) is 0. The summed E-state index contributed by atoms with van der Waals surface area (Å²) in [6, 6.07) is 0.184. The molecule has 1 fully saturated rings. The number of nitrogens with one attached hydrogen (secondary N) is 4. The van der Waals surface area contributed by atoms with Gasteiger partial charge in [-0.1, -0.05) is 6.58 Å². The van der Waals surface area contributed by atoms with Crippen LogP contribution in [0.3, 0.4) is 0 Å². The normalized spacial score (nSPS) is 24.5. The highest BCUT2D eigenvalue weighted by atomic mass is 16.2. The minimum absolute atomic E-state index is 0.00908. The Morgan fingerprint density at radius 3 is 2.38 bits per heavy atom. The molecule has 1 rings (SSSR count). The van der Waals surface area contributed by atoms with Crippen LogP contribution in [0.1, 0.15) is 25.7 Å². The summed E-state index contributed by atoms with van der Waals surface area (Å²) >= 11 is 0. The van der Waals surface area contributed by atoms with E-state index in [1.165, 1.54) is 6.08 Å². The van der Waals surface area contributed by atoms with E-state index in [2.05, 4.69) is 22.4 Å². The first-order valence-corrected chi connectivity index (χ1v) is 5.40. The quantitative estimate of drug-likeness (QED) is 0.316. The Morgan fingerprint density at radius 2 is 1.88 bits per heavy atom. The van der Waals surface area contributed by atoms with E-state index in [0.29, 0.717) is 6.04 Å². The molecule has 2 radical (unpaired) electrons. The van der Waals surface area contributed by atoms with Crippen molar-refractivity contribution in [3.8, 4) is 0 Å². The first kappa shape index (κ1) is 12.8. The van der Waals surface area contributed by atoms with E-state index in [1.54, 1.807) is 0 Å². The van der Waals surface area contributed by atoms with Gasteiger partial charge in [0.15, 0.2) is 7.98 Å². The van der Waals surface area contributed by atoms with Gasteiger partial charge in [-0.05, 0) is 37.8 Å². The first-order valence-electron chi connectivity index (χ1n) is 5.40. The predicted molar refractivity (Wildman–Crippen MR) is 64.5 cm³/mol. The molecule has 1 aliphatic rings. The molecule has 0 heterocycles. The van der Waals surface area contributed by atoms with Crippen molar-refractivity contribution in [1.82, 2.24) is 15.9 Å². The molecule has 0 aromatic carbocycles. The van der Waals surface area contributed by atoms with Crippen LogP contribution in [0.2, 0.25) is 0 Å². The second-order valence-corrected chi connectivity index (χ2v) is 3.93. The average molecular weight is 220 g/mol. The molecule has 5 nitrogen and oxygen atoms in total. The minimum atomic E-state index is -0.339. The number of hydrogen-bond donors (Lipinski definition) is 4. The summed E-state index contributed by atoms with van der Waals surface area (Å²) < 4.78 is 0. The molecule has 0 aliphatic heterocycles. The number of amides is 2. The molecular weight excluding hydrogens is 203 g/mol. The molecule has 1 aliphatic carbocycles. The topological polar surface area (TPSA) is 77.0 Å². The summed E-state index contributed by atoms with van der Waals surface area (Å²) in [4.78, 5) is 11.4. The molecule has 0 saturated heterocycles. The van der Waals surface area contributed by atoms with Gasteiger partial charge in [0.05, 0.1) is 0 Å². The zero-order valence-corrected chi connectivity index (χ0v) is 9.25. The smallest absolute Gasteiger partial charge is 0.320 e. The van der Waals surface area contributed by atoms with E-state index in [-0.39, 0.29) is 17.9 Å². The van der Waals surface area contributed by atoms with Crippen LogP contribution < -0.4 is 15.9 Å². The van der Waals surface area contributed by atoms with Crippen LogP contribution >= 0.6 is 0 Å². The lowest BCUT2D eigenvalue weighted by Crippen LogP contribution is -2.46. The lowest BCUT2D eigenvalue weighted by Gasteiger charge is -2.29. The van der Waals surface area contributed by atoms with Gasteiger partial charge in [-0.15, -0.1) is 0 Å². The maximum absolute atomic E-state index is 11.4. The van der Waals surface area contributed by atoms with Crippen molar-refractivity contribution in [1.29, 1.82) is 5.41 Å². The molecule has 0 bridgehead atoms. The Hall–Kier alpha value is -1.30. The third-order valence-corrected chi connectivity index (χ3v) is 2.75. The Labute approximate surface area is 97.0 Å². The monoisotopic (exact) mass is 220 g/mol. The van der Waals surface area contributed by atoms with Gasteiger partial charge >= 0.3 is 6.03 Å². The van der Waals surface area contributed by atoms with E-state index in [4.69, 9.17) is 13.4 Å². The number of hydrogen-bond acceptors (Lipinski definition) is 3. The number of carbonyl (C=O) groups is 1. The van der Waals surface area contributed by atoms with Crippen molar-refractivity contribution in [3.05, 3.63) is 12.7 Å². The number of carbonyl (C=O) groups excluding carboxylic acids is 1. The molecule has 0 atom stereocenters. The first-order chi connectivity index (χ1) is 7.65. The van der Waals surface area contributed by atoms with Crippen molar-refractivity contribution in [2.75, 3.05) is 0 Å².